The number of aryl methyl sites for hydroxylation is 1. The minimum Gasteiger partial charge on any atom is -0.497 e. The highest BCUT2D eigenvalue weighted by Gasteiger charge is 2.12. The maximum absolute atomic E-state index is 9.11. The van der Waals surface area contributed by atoms with Crippen molar-refractivity contribution < 1.29 is 19.5 Å². The normalized spacial score (nSPS) is 10.3. The standard InChI is InChI=1S/C16H19BO4/c1-12-11-14(17(18)19)5-8-16(12)21-10-9-13-3-6-15(20-2)7-4-13/h3-8,11,18-19H,9-10H2,1-2H3. The van der Waals surface area contributed by atoms with Crippen molar-refractivity contribution in [2.45, 2.75) is 13.3 Å². The van der Waals surface area contributed by atoms with Gasteiger partial charge in [0.15, 0.2) is 0 Å². The topological polar surface area (TPSA) is 58.9 Å². The molecule has 0 aromatic heterocycles. The molecular formula is C16H19BO4. The van der Waals surface area contributed by atoms with Crippen LogP contribution in [0.5, 0.6) is 11.5 Å². The summed E-state index contributed by atoms with van der Waals surface area (Å²) in [6.07, 6.45) is 0.799. The van der Waals surface area contributed by atoms with E-state index in [0.29, 0.717) is 12.1 Å². The quantitative estimate of drug-likeness (QED) is 0.786. The van der Waals surface area contributed by atoms with Gasteiger partial charge in [-0.3, -0.25) is 0 Å². The number of ether oxygens (including phenoxy) is 2. The molecule has 0 unspecified atom stereocenters. The Bertz CT molecular complexity index is 581. The molecule has 0 aliphatic heterocycles. The van der Waals surface area contributed by atoms with Crippen LogP contribution in [0, 0.1) is 6.92 Å². The molecule has 0 saturated heterocycles. The third kappa shape index (κ3) is 4.24. The van der Waals surface area contributed by atoms with E-state index < -0.39 is 7.12 Å². The molecule has 110 valence electrons. The lowest BCUT2D eigenvalue weighted by Gasteiger charge is -2.11. The van der Waals surface area contributed by atoms with Crippen LogP contribution < -0.4 is 14.9 Å². The van der Waals surface area contributed by atoms with Gasteiger partial charge in [0.05, 0.1) is 13.7 Å². The van der Waals surface area contributed by atoms with E-state index in [0.717, 1.165) is 23.5 Å². The summed E-state index contributed by atoms with van der Waals surface area (Å²) in [4.78, 5) is 0. The van der Waals surface area contributed by atoms with E-state index in [1.54, 1.807) is 25.3 Å². The van der Waals surface area contributed by atoms with Gasteiger partial charge in [-0.1, -0.05) is 24.3 Å². The van der Waals surface area contributed by atoms with E-state index in [1.807, 2.05) is 31.2 Å². The van der Waals surface area contributed by atoms with Gasteiger partial charge in [0, 0.05) is 6.42 Å². The van der Waals surface area contributed by atoms with Crippen molar-refractivity contribution in [3.05, 3.63) is 53.6 Å². The van der Waals surface area contributed by atoms with E-state index in [9.17, 15) is 0 Å². The smallest absolute Gasteiger partial charge is 0.488 e. The van der Waals surface area contributed by atoms with Gasteiger partial charge < -0.3 is 19.5 Å². The molecule has 0 radical (unpaired) electrons. The zero-order valence-corrected chi connectivity index (χ0v) is 12.2. The molecule has 21 heavy (non-hydrogen) atoms. The first-order valence-electron chi connectivity index (χ1n) is 6.82. The molecule has 2 N–H and O–H groups in total. The Balaban J connectivity index is 1.90. The first-order valence-corrected chi connectivity index (χ1v) is 6.82. The molecule has 2 aromatic carbocycles. The fourth-order valence-corrected chi connectivity index (χ4v) is 2.07. The van der Waals surface area contributed by atoms with Crippen LogP contribution in [0.25, 0.3) is 0 Å². The fraction of sp³-hybridized carbons (Fsp3) is 0.250. The van der Waals surface area contributed by atoms with Gasteiger partial charge in [-0.2, -0.15) is 0 Å². The third-order valence-electron chi connectivity index (χ3n) is 3.30. The second kappa shape index (κ2) is 7.15. The Morgan fingerprint density at radius 3 is 2.33 bits per heavy atom. The molecule has 0 heterocycles. The van der Waals surface area contributed by atoms with Crippen molar-refractivity contribution in [2.24, 2.45) is 0 Å². The predicted molar refractivity (Wildman–Crippen MR) is 83.2 cm³/mol. The minimum absolute atomic E-state index is 0.468. The van der Waals surface area contributed by atoms with Crippen molar-refractivity contribution in [1.29, 1.82) is 0 Å². The van der Waals surface area contributed by atoms with E-state index in [4.69, 9.17) is 19.5 Å². The van der Waals surface area contributed by atoms with Gasteiger partial charge in [-0.05, 0) is 41.7 Å². The van der Waals surface area contributed by atoms with Crippen molar-refractivity contribution in [3.63, 3.8) is 0 Å². The Labute approximate surface area is 125 Å². The molecule has 0 fully saturated rings. The van der Waals surface area contributed by atoms with Crippen LogP contribution in [0.2, 0.25) is 0 Å². The fourth-order valence-electron chi connectivity index (χ4n) is 2.07. The highest BCUT2D eigenvalue weighted by Crippen LogP contribution is 2.17. The summed E-state index contributed by atoms with van der Waals surface area (Å²) in [5.74, 6) is 1.60. The van der Waals surface area contributed by atoms with Crippen molar-refractivity contribution in [2.75, 3.05) is 13.7 Å². The van der Waals surface area contributed by atoms with Crippen molar-refractivity contribution in [3.8, 4) is 11.5 Å². The number of rotatable bonds is 6. The first-order chi connectivity index (χ1) is 10.1. The molecule has 5 heteroatoms. The Morgan fingerprint density at radius 2 is 1.76 bits per heavy atom. The average molecular weight is 286 g/mol. The summed E-state index contributed by atoms with van der Waals surface area (Å²) in [5, 5.41) is 18.2. The zero-order chi connectivity index (χ0) is 15.2. The van der Waals surface area contributed by atoms with Crippen LogP contribution in [0.15, 0.2) is 42.5 Å². The third-order valence-corrected chi connectivity index (χ3v) is 3.30. The highest BCUT2D eigenvalue weighted by atomic mass is 16.5. The Morgan fingerprint density at radius 1 is 1.05 bits per heavy atom. The molecule has 2 aromatic rings. The number of benzene rings is 2. The lowest BCUT2D eigenvalue weighted by molar-refractivity contribution is 0.319. The summed E-state index contributed by atoms with van der Waals surface area (Å²) in [5.41, 5.74) is 2.53. The summed E-state index contributed by atoms with van der Waals surface area (Å²) in [7, 11) is 0.200. The SMILES string of the molecule is COc1ccc(CCOc2ccc(B(O)O)cc2C)cc1. The van der Waals surface area contributed by atoms with Gasteiger partial charge in [0.1, 0.15) is 11.5 Å². The van der Waals surface area contributed by atoms with E-state index >= 15 is 0 Å². The monoisotopic (exact) mass is 286 g/mol. The maximum atomic E-state index is 9.11. The van der Waals surface area contributed by atoms with Gasteiger partial charge in [0.2, 0.25) is 0 Å². The van der Waals surface area contributed by atoms with Crippen molar-refractivity contribution in [1.82, 2.24) is 0 Å². The lowest BCUT2D eigenvalue weighted by Crippen LogP contribution is -2.29. The number of hydrogen-bond acceptors (Lipinski definition) is 4. The van der Waals surface area contributed by atoms with Crippen LogP contribution in [0.1, 0.15) is 11.1 Å². The summed E-state index contributed by atoms with van der Waals surface area (Å²) >= 11 is 0. The first kappa shape index (κ1) is 15.4. The molecular weight excluding hydrogens is 267 g/mol. The van der Waals surface area contributed by atoms with Gasteiger partial charge in [0.25, 0.3) is 0 Å². The van der Waals surface area contributed by atoms with E-state index in [1.165, 1.54) is 5.56 Å². The summed E-state index contributed by atoms with van der Waals surface area (Å²) in [6.45, 7) is 2.45. The summed E-state index contributed by atoms with van der Waals surface area (Å²) < 4.78 is 10.9. The lowest BCUT2D eigenvalue weighted by atomic mass is 9.79. The zero-order valence-electron chi connectivity index (χ0n) is 12.2. The van der Waals surface area contributed by atoms with Gasteiger partial charge >= 0.3 is 7.12 Å². The van der Waals surface area contributed by atoms with Crippen LogP contribution in [-0.2, 0) is 6.42 Å². The Kier molecular flexibility index (Phi) is 5.25. The van der Waals surface area contributed by atoms with Gasteiger partial charge in [-0.15, -0.1) is 0 Å². The van der Waals surface area contributed by atoms with Crippen LogP contribution in [-0.4, -0.2) is 30.9 Å². The molecule has 2 rings (SSSR count). The number of hydrogen-bond donors (Lipinski definition) is 2. The molecule has 0 amide bonds. The number of methoxy groups -OCH3 is 1. The summed E-state index contributed by atoms with van der Waals surface area (Å²) in [6, 6.07) is 13.0. The molecule has 4 nitrogen and oxygen atoms in total. The molecule has 0 atom stereocenters. The van der Waals surface area contributed by atoms with E-state index in [2.05, 4.69) is 0 Å². The van der Waals surface area contributed by atoms with Crippen molar-refractivity contribution >= 4 is 12.6 Å². The molecule has 0 saturated carbocycles. The molecule has 0 aliphatic rings. The van der Waals surface area contributed by atoms with Crippen LogP contribution >= 0.6 is 0 Å². The highest BCUT2D eigenvalue weighted by molar-refractivity contribution is 6.58. The Hall–Kier alpha value is -1.98. The molecule has 0 aliphatic carbocycles. The van der Waals surface area contributed by atoms with Crippen LogP contribution in [0.3, 0.4) is 0 Å². The maximum Gasteiger partial charge on any atom is 0.488 e. The largest absolute Gasteiger partial charge is 0.497 e. The second-order valence-electron chi connectivity index (χ2n) is 4.85. The van der Waals surface area contributed by atoms with Gasteiger partial charge in [-0.25, -0.2) is 0 Å². The molecule has 0 spiro atoms. The second-order valence-corrected chi connectivity index (χ2v) is 4.85. The predicted octanol–water partition coefficient (Wildman–Crippen LogP) is 1.30. The average Bonchev–Trinajstić information content (AvgIpc) is 2.49. The van der Waals surface area contributed by atoms with E-state index in [-0.39, 0.29) is 0 Å². The minimum atomic E-state index is -1.45. The molecule has 0 bridgehead atoms. The van der Waals surface area contributed by atoms with Crippen LogP contribution in [0.4, 0.5) is 0 Å².